The number of hydrogen-bond donors (Lipinski definition) is 4. The second-order valence-electron chi connectivity index (χ2n) is 24.7. The third-order valence-electron chi connectivity index (χ3n) is 16.6. The zero-order valence-electron chi connectivity index (χ0n) is 53.8. The number of rotatable bonds is 32. The molecule has 4 N–H and O–H groups in total. The first-order valence-corrected chi connectivity index (χ1v) is 33.8. The Morgan fingerprint density at radius 3 is 2.10 bits per heavy atom. The summed E-state index contributed by atoms with van der Waals surface area (Å²) in [6, 6.07) is 34.1. The summed E-state index contributed by atoms with van der Waals surface area (Å²) < 4.78 is 42.0. The second kappa shape index (κ2) is 32.9. The van der Waals surface area contributed by atoms with Gasteiger partial charge in [0.1, 0.15) is 35.1 Å². The molecule has 0 saturated carbocycles. The number of H-pyrrole nitrogens is 1. The number of carbonyl (C=O) groups is 4. The Kier molecular flexibility index (Phi) is 25.2. The number of anilines is 1. The molecule has 91 heavy (non-hydrogen) atoms. The predicted molar refractivity (Wildman–Crippen MR) is 354 cm³/mol. The molecule has 4 aromatic carbocycles. The van der Waals surface area contributed by atoms with Crippen LogP contribution in [0.4, 0.5) is 10.5 Å². The first-order chi connectivity index (χ1) is 43.7. The summed E-state index contributed by atoms with van der Waals surface area (Å²) in [5.41, 5.74) is 1.03. The lowest BCUT2D eigenvalue weighted by Gasteiger charge is -2.39. The molecule has 22 heteroatoms. The molecule has 3 saturated heterocycles. The van der Waals surface area contributed by atoms with Crippen molar-refractivity contribution >= 4 is 49.7 Å². The molecule has 0 spiro atoms. The number of ether oxygens (including phenoxy) is 4. The number of aromatic nitrogens is 2. The molecule has 20 nitrogen and oxygen atoms in total. The first kappa shape index (κ1) is 69.7. The highest BCUT2D eigenvalue weighted by Gasteiger charge is 2.51. The van der Waals surface area contributed by atoms with E-state index in [1.165, 1.54) is 21.7 Å². The number of thioether (sulfide) groups is 1. The van der Waals surface area contributed by atoms with Crippen LogP contribution in [0.1, 0.15) is 158 Å². The minimum absolute atomic E-state index is 0.00204. The van der Waals surface area contributed by atoms with Crippen LogP contribution in [0, 0.1) is 11.3 Å². The molecule has 4 heterocycles. The maximum atomic E-state index is 13.8. The van der Waals surface area contributed by atoms with Gasteiger partial charge >= 0.3 is 11.7 Å². The van der Waals surface area contributed by atoms with Gasteiger partial charge in [0.15, 0.2) is 0 Å². The van der Waals surface area contributed by atoms with Crippen LogP contribution < -0.4 is 36.7 Å². The highest BCUT2D eigenvalue weighted by atomic mass is 32.2. The summed E-state index contributed by atoms with van der Waals surface area (Å²) in [5.74, 6) is 1.23. The molecule has 0 radical (unpaired) electrons. The largest absolute Gasteiger partial charge is 0.497 e. The minimum Gasteiger partial charge on any atom is -0.497 e. The monoisotopic (exact) mass is 1280 g/mol. The molecule has 1 unspecified atom stereocenters. The number of hydrogen-bond acceptors (Lipinski definition) is 15. The zero-order valence-corrected chi connectivity index (χ0v) is 55.5. The predicted octanol–water partition coefficient (Wildman–Crippen LogP) is 11.6. The number of urea groups is 1. The number of nitrogens with one attached hydrogen (secondary N) is 4. The van der Waals surface area contributed by atoms with Crippen molar-refractivity contribution in [2.75, 3.05) is 45.0 Å². The fourth-order valence-corrected chi connectivity index (χ4v) is 15.3. The fourth-order valence-electron chi connectivity index (χ4n) is 11.9. The average molecular weight is 1290 g/mol. The minimum atomic E-state index is -1.81. The average Bonchev–Trinajstić information content (AvgIpc) is 1.86. The number of imide groups is 1. The Morgan fingerprint density at radius 2 is 1.47 bits per heavy atom. The van der Waals surface area contributed by atoms with Crippen LogP contribution in [0.5, 0.6) is 11.5 Å². The van der Waals surface area contributed by atoms with Crippen molar-refractivity contribution in [1.29, 1.82) is 5.26 Å². The van der Waals surface area contributed by atoms with Crippen molar-refractivity contribution in [1.82, 2.24) is 29.8 Å². The lowest BCUT2D eigenvalue weighted by atomic mass is 9.80. The lowest BCUT2D eigenvalue weighted by Crippen LogP contribution is -2.44. The summed E-state index contributed by atoms with van der Waals surface area (Å²) in [5, 5.41) is 18.3. The quantitative estimate of drug-likeness (QED) is 0.0103. The Labute approximate surface area is 540 Å². The maximum Gasteiger partial charge on any atom is 0.330 e. The number of carbonyl (C=O) groups excluding carboxylic acids is 4. The zero-order chi connectivity index (χ0) is 65.2. The Hall–Kier alpha value is -7.15. The summed E-state index contributed by atoms with van der Waals surface area (Å²) in [4.78, 5) is 83.7. The van der Waals surface area contributed by atoms with Gasteiger partial charge in [-0.1, -0.05) is 113 Å². The van der Waals surface area contributed by atoms with E-state index in [0.29, 0.717) is 42.9 Å². The van der Waals surface area contributed by atoms with Gasteiger partial charge in [-0.15, -0.1) is 0 Å². The van der Waals surface area contributed by atoms with Crippen molar-refractivity contribution in [3.63, 3.8) is 0 Å². The van der Waals surface area contributed by atoms with Gasteiger partial charge in [0, 0.05) is 54.2 Å². The van der Waals surface area contributed by atoms with Gasteiger partial charge < -0.3 is 43.9 Å². The second-order valence-corrected chi connectivity index (χ2v) is 27.4. The van der Waals surface area contributed by atoms with Crippen LogP contribution >= 0.6 is 20.3 Å². The SMILES string of the molecule is COc1ccc(C(OC[C@H]2O[C@@H](n3cc(NC(=O)/C=C/CCCCCCNC(=O)CCCC[C@@H]4SC[C@@H]5NC(=O)N(C(=O)c6ccc(C(C)(C)C)cc6)[C@@H]54)c(=O)[nH]c3=O)C[C@@H]2OP(OCCC#N)N(C(C)C)C(C)C)(c2ccccc2)c2ccc(OC)cc2)cc1. The molecule has 488 valence electrons. The van der Waals surface area contributed by atoms with Gasteiger partial charge in [-0.25, -0.2) is 14.3 Å². The smallest absolute Gasteiger partial charge is 0.330 e. The van der Waals surface area contributed by atoms with E-state index in [4.69, 9.17) is 28.0 Å². The molecule has 5 aromatic rings. The Balaban J connectivity index is 0.849. The van der Waals surface area contributed by atoms with Crippen molar-refractivity contribution in [2.24, 2.45) is 0 Å². The number of aromatic amines is 1. The Morgan fingerprint density at radius 1 is 0.835 bits per heavy atom. The molecule has 3 aliphatic heterocycles. The van der Waals surface area contributed by atoms with E-state index in [9.17, 15) is 34.0 Å². The molecule has 7 atom stereocenters. The number of unbranched alkanes of at least 4 members (excludes halogenated alkanes) is 5. The van der Waals surface area contributed by atoms with Gasteiger partial charge in [-0.2, -0.15) is 17.0 Å². The number of methoxy groups -OCH3 is 2. The molecule has 5 amide bonds. The normalized spacial score (nSPS) is 19.4. The van der Waals surface area contributed by atoms with Gasteiger partial charge in [-0.05, 0) is 130 Å². The Bertz CT molecular complexity index is 3350. The molecule has 0 bridgehead atoms. The summed E-state index contributed by atoms with van der Waals surface area (Å²) in [6.07, 6.45) is 8.71. The molecule has 1 aromatic heterocycles. The van der Waals surface area contributed by atoms with E-state index in [2.05, 4.69) is 52.4 Å². The van der Waals surface area contributed by atoms with Crippen LogP contribution in [0.3, 0.4) is 0 Å². The number of amides is 5. The highest BCUT2D eigenvalue weighted by Crippen LogP contribution is 2.51. The van der Waals surface area contributed by atoms with Crippen molar-refractivity contribution in [2.45, 2.75) is 178 Å². The highest BCUT2D eigenvalue weighted by molar-refractivity contribution is 8.00. The molecule has 3 aliphatic rings. The number of fused-ring (bicyclic) bond motifs is 1. The summed E-state index contributed by atoms with van der Waals surface area (Å²) in [6.45, 7) is 15.1. The number of allylic oxidation sites excluding steroid dienone is 1. The maximum absolute atomic E-state index is 13.8. The summed E-state index contributed by atoms with van der Waals surface area (Å²) in [7, 11) is 1.41. The van der Waals surface area contributed by atoms with Crippen molar-refractivity contribution in [3.8, 4) is 17.6 Å². The fraction of sp³-hybridized carbons (Fsp3) is 0.493. The third-order valence-corrected chi connectivity index (χ3v) is 20.2. The van der Waals surface area contributed by atoms with Gasteiger partial charge in [0.25, 0.3) is 20.0 Å². The van der Waals surface area contributed by atoms with Gasteiger partial charge in [0.05, 0.1) is 58.1 Å². The molecule has 8 rings (SSSR count). The third kappa shape index (κ3) is 17.9. The standard InChI is InChI=1S/C69H89N8O12PS/c1-46(2)77(47(3)4)90(87-41-21-39-70)89-57-42-62(88-58(57)44-86-69(50-22-15-14-16-23-50,51-31-35-53(84-8)36-32-51)52-33-37-54(85-9)38-34-52)75-43-55(64(80)74-66(75)82)72-61(79)26-17-12-10-11-13-20-40-71-60(78)25-19-18-24-59-63-56(45-91-59)73-67(83)76(63)65(81)48-27-29-49(30-28-48)68(5,6)7/h14-17,22-23,26-38,43,46-47,56-59,62-63H,10-13,18-21,24-25,40-42,44-45H2,1-9H3,(H,71,78)(H,72,79)(H,73,83)(H,74,80,82)/b26-17+/t56-,57-,58+,59-,62+,63-,90?/m0/s1. The van der Waals surface area contributed by atoms with Gasteiger partial charge in [0.2, 0.25) is 11.8 Å². The van der Waals surface area contributed by atoms with E-state index in [0.717, 1.165) is 66.5 Å². The van der Waals surface area contributed by atoms with Crippen LogP contribution in [-0.4, -0.2) is 124 Å². The lowest BCUT2D eigenvalue weighted by molar-refractivity contribution is -0.121. The molecular formula is C69H89N8O12PS. The first-order valence-electron chi connectivity index (χ1n) is 31.6. The number of nitrogens with zero attached hydrogens (tertiary/aromatic N) is 4. The van der Waals surface area contributed by atoms with E-state index >= 15 is 0 Å². The van der Waals surface area contributed by atoms with E-state index < -0.39 is 49.7 Å². The van der Waals surface area contributed by atoms with Crippen LogP contribution in [0.25, 0.3) is 0 Å². The van der Waals surface area contributed by atoms with Crippen LogP contribution in [0.15, 0.2) is 131 Å². The van der Waals surface area contributed by atoms with E-state index in [-0.39, 0.29) is 84.4 Å². The number of benzene rings is 4. The topological polar surface area (TPSA) is 245 Å². The molecular weight excluding hydrogens is 1200 g/mol. The van der Waals surface area contributed by atoms with Gasteiger partial charge in [-0.3, -0.25) is 33.6 Å². The van der Waals surface area contributed by atoms with E-state index in [1.807, 2.05) is 131 Å². The molecule has 0 aliphatic carbocycles. The summed E-state index contributed by atoms with van der Waals surface area (Å²) >= 11 is 1.78. The number of nitriles is 1. The molecule has 3 fully saturated rings. The van der Waals surface area contributed by atoms with Crippen molar-refractivity contribution in [3.05, 3.63) is 170 Å². The van der Waals surface area contributed by atoms with Crippen molar-refractivity contribution < 1.29 is 47.2 Å². The van der Waals surface area contributed by atoms with Crippen LogP contribution in [-0.2, 0) is 39.1 Å². The van der Waals surface area contributed by atoms with E-state index in [1.54, 1.807) is 32.1 Å². The van der Waals surface area contributed by atoms with Crippen LogP contribution in [0.2, 0.25) is 0 Å².